The highest BCUT2D eigenvalue weighted by Gasteiger charge is 2.66. The molecule has 1 aliphatic carbocycles. The minimum atomic E-state index is -1.25. The van der Waals surface area contributed by atoms with Gasteiger partial charge in [-0.05, 0) is 18.6 Å². The molecule has 1 fully saturated rings. The second-order valence-electron chi connectivity index (χ2n) is 3.48. The molecule has 0 spiro atoms. The summed E-state index contributed by atoms with van der Waals surface area (Å²) < 4.78 is 0.474. The molecule has 2 atom stereocenters. The number of rotatable bonds is 3. The minimum absolute atomic E-state index is 0.147. The van der Waals surface area contributed by atoms with Crippen molar-refractivity contribution >= 4 is 34.9 Å². The van der Waals surface area contributed by atoms with Crippen LogP contribution in [0, 0.1) is 5.92 Å². The summed E-state index contributed by atoms with van der Waals surface area (Å²) in [6, 6.07) is 3.17. The molecule has 1 heterocycles. The van der Waals surface area contributed by atoms with Crippen LogP contribution < -0.4 is 0 Å². The van der Waals surface area contributed by atoms with Crippen LogP contribution in [-0.4, -0.2) is 22.2 Å². The number of carbonyl (C=O) groups is 2. The van der Waals surface area contributed by atoms with Gasteiger partial charge in [0.2, 0.25) is 0 Å². The molecule has 1 aliphatic rings. The van der Waals surface area contributed by atoms with Crippen molar-refractivity contribution in [3.63, 3.8) is 0 Å². The van der Waals surface area contributed by atoms with Crippen LogP contribution in [0.2, 0.25) is 4.34 Å². The molecule has 1 aromatic rings. The molecule has 2 unspecified atom stereocenters. The first-order valence-electron chi connectivity index (χ1n) is 4.20. The number of carboxylic acids is 2. The fourth-order valence-electron chi connectivity index (χ4n) is 1.73. The van der Waals surface area contributed by atoms with E-state index >= 15 is 0 Å². The Morgan fingerprint density at radius 3 is 2.47 bits per heavy atom. The summed E-state index contributed by atoms with van der Waals surface area (Å²) in [7, 11) is 0. The number of thiophene rings is 1. The summed E-state index contributed by atoms with van der Waals surface area (Å²) in [6.45, 7) is 0. The van der Waals surface area contributed by atoms with Crippen molar-refractivity contribution in [3.05, 3.63) is 21.3 Å². The van der Waals surface area contributed by atoms with Gasteiger partial charge >= 0.3 is 11.9 Å². The van der Waals surface area contributed by atoms with E-state index in [1.165, 1.54) is 0 Å². The summed E-state index contributed by atoms with van der Waals surface area (Å²) in [6.07, 6.45) is 0.147. The van der Waals surface area contributed by atoms with E-state index in [1.54, 1.807) is 12.1 Å². The SMILES string of the molecule is O=C(O)C1CC1(C(=O)O)c1ccc(Cl)s1. The van der Waals surface area contributed by atoms with Crippen molar-refractivity contribution in [2.75, 3.05) is 0 Å². The van der Waals surface area contributed by atoms with Crippen LogP contribution in [0.1, 0.15) is 11.3 Å². The van der Waals surface area contributed by atoms with Gasteiger partial charge in [-0.25, -0.2) is 0 Å². The monoisotopic (exact) mass is 246 g/mol. The lowest BCUT2D eigenvalue weighted by Gasteiger charge is -2.07. The van der Waals surface area contributed by atoms with Gasteiger partial charge in [0.15, 0.2) is 0 Å². The Bertz CT molecular complexity index is 441. The van der Waals surface area contributed by atoms with Crippen LogP contribution in [0.4, 0.5) is 0 Å². The van der Waals surface area contributed by atoms with Crippen LogP contribution >= 0.6 is 22.9 Å². The highest BCUT2D eigenvalue weighted by Crippen LogP contribution is 2.56. The van der Waals surface area contributed by atoms with Gasteiger partial charge in [0, 0.05) is 4.88 Å². The first-order valence-corrected chi connectivity index (χ1v) is 5.40. The molecule has 0 aliphatic heterocycles. The lowest BCUT2D eigenvalue weighted by molar-refractivity contribution is -0.145. The van der Waals surface area contributed by atoms with Gasteiger partial charge in [-0.15, -0.1) is 11.3 Å². The Morgan fingerprint density at radius 1 is 1.47 bits per heavy atom. The Balaban J connectivity index is 2.39. The molecule has 1 aromatic heterocycles. The van der Waals surface area contributed by atoms with Gasteiger partial charge in [0.1, 0.15) is 5.41 Å². The molecule has 4 nitrogen and oxygen atoms in total. The van der Waals surface area contributed by atoms with Gasteiger partial charge < -0.3 is 10.2 Å². The third-order valence-corrected chi connectivity index (χ3v) is 4.06. The lowest BCUT2D eigenvalue weighted by atomic mass is 10.0. The summed E-state index contributed by atoms with van der Waals surface area (Å²) in [5.41, 5.74) is -1.25. The molecule has 80 valence electrons. The van der Waals surface area contributed by atoms with E-state index in [0.29, 0.717) is 9.21 Å². The molecule has 1 saturated carbocycles. The highest BCUT2D eigenvalue weighted by atomic mass is 35.5. The summed E-state index contributed by atoms with van der Waals surface area (Å²) in [4.78, 5) is 22.4. The Kier molecular flexibility index (Phi) is 2.24. The highest BCUT2D eigenvalue weighted by molar-refractivity contribution is 7.16. The topological polar surface area (TPSA) is 74.6 Å². The molecule has 0 bridgehead atoms. The maximum absolute atomic E-state index is 11.1. The maximum Gasteiger partial charge on any atom is 0.315 e. The van der Waals surface area contributed by atoms with Crippen molar-refractivity contribution in [2.45, 2.75) is 11.8 Å². The predicted molar refractivity (Wildman–Crippen MR) is 54.4 cm³/mol. The fraction of sp³-hybridized carbons (Fsp3) is 0.333. The Hall–Kier alpha value is -1.07. The van der Waals surface area contributed by atoms with Crippen LogP contribution in [0.15, 0.2) is 12.1 Å². The van der Waals surface area contributed by atoms with E-state index in [-0.39, 0.29) is 6.42 Å². The quantitative estimate of drug-likeness (QED) is 0.853. The minimum Gasteiger partial charge on any atom is -0.481 e. The zero-order chi connectivity index (χ0) is 11.2. The van der Waals surface area contributed by atoms with E-state index in [2.05, 4.69) is 0 Å². The first kappa shape index (κ1) is 10.4. The van der Waals surface area contributed by atoms with Crippen molar-refractivity contribution in [2.24, 2.45) is 5.92 Å². The number of hydrogen-bond acceptors (Lipinski definition) is 3. The molecular formula is C9H7ClO4S. The molecule has 6 heteroatoms. The van der Waals surface area contributed by atoms with Crippen molar-refractivity contribution in [1.29, 1.82) is 0 Å². The number of hydrogen-bond donors (Lipinski definition) is 2. The zero-order valence-corrected chi connectivity index (χ0v) is 9.01. The third-order valence-electron chi connectivity index (χ3n) is 2.65. The molecule has 0 saturated heterocycles. The van der Waals surface area contributed by atoms with Gasteiger partial charge in [-0.2, -0.15) is 0 Å². The van der Waals surface area contributed by atoms with Crippen LogP contribution in [0.5, 0.6) is 0 Å². The molecule has 0 aromatic carbocycles. The van der Waals surface area contributed by atoms with Gasteiger partial charge in [-0.3, -0.25) is 9.59 Å². The van der Waals surface area contributed by atoms with Crippen LogP contribution in [-0.2, 0) is 15.0 Å². The van der Waals surface area contributed by atoms with Crippen molar-refractivity contribution < 1.29 is 19.8 Å². The molecule has 0 amide bonds. The fourth-order valence-corrected chi connectivity index (χ4v) is 3.02. The van der Waals surface area contributed by atoms with Gasteiger partial charge in [0.25, 0.3) is 0 Å². The van der Waals surface area contributed by atoms with Crippen LogP contribution in [0.3, 0.4) is 0 Å². The molecular weight excluding hydrogens is 240 g/mol. The van der Waals surface area contributed by atoms with Crippen LogP contribution in [0.25, 0.3) is 0 Å². The van der Waals surface area contributed by atoms with E-state index < -0.39 is 23.3 Å². The average Bonchev–Trinajstić information content (AvgIpc) is 2.78. The second kappa shape index (κ2) is 3.21. The number of carboxylic acid groups (broad SMARTS) is 2. The van der Waals surface area contributed by atoms with E-state index in [4.69, 9.17) is 21.8 Å². The van der Waals surface area contributed by atoms with E-state index in [9.17, 15) is 9.59 Å². The van der Waals surface area contributed by atoms with Crippen molar-refractivity contribution in [3.8, 4) is 0 Å². The molecule has 2 rings (SSSR count). The standard InChI is InChI=1S/C9H7ClO4S/c10-6-2-1-5(15-6)9(8(13)14)3-4(9)7(11)12/h1-2,4H,3H2,(H,11,12)(H,13,14). The third kappa shape index (κ3) is 1.42. The molecule has 0 radical (unpaired) electrons. The summed E-state index contributed by atoms with van der Waals surface area (Å²) in [5, 5.41) is 17.9. The normalized spacial score (nSPS) is 28.7. The number of halogens is 1. The van der Waals surface area contributed by atoms with E-state index in [0.717, 1.165) is 11.3 Å². The second-order valence-corrected chi connectivity index (χ2v) is 5.19. The zero-order valence-electron chi connectivity index (χ0n) is 7.44. The average molecular weight is 247 g/mol. The summed E-state index contributed by atoms with van der Waals surface area (Å²) >= 11 is 6.83. The number of aliphatic carboxylic acids is 2. The first-order chi connectivity index (χ1) is 6.98. The maximum atomic E-state index is 11.1. The van der Waals surface area contributed by atoms with Gasteiger partial charge in [-0.1, -0.05) is 11.6 Å². The Labute approximate surface area is 94.1 Å². The Morgan fingerprint density at radius 2 is 2.13 bits per heavy atom. The van der Waals surface area contributed by atoms with Crippen molar-refractivity contribution in [1.82, 2.24) is 0 Å². The lowest BCUT2D eigenvalue weighted by Crippen LogP contribution is -2.24. The smallest absolute Gasteiger partial charge is 0.315 e. The molecule has 15 heavy (non-hydrogen) atoms. The summed E-state index contributed by atoms with van der Waals surface area (Å²) in [5.74, 6) is -2.99. The predicted octanol–water partition coefficient (Wildman–Crippen LogP) is 1.83. The molecule has 2 N–H and O–H groups in total. The van der Waals surface area contributed by atoms with Gasteiger partial charge in [0.05, 0.1) is 10.3 Å². The largest absolute Gasteiger partial charge is 0.481 e. The van der Waals surface area contributed by atoms with E-state index in [1.807, 2.05) is 0 Å².